The van der Waals surface area contributed by atoms with Crippen LogP contribution in [0.15, 0.2) is 44.9 Å². The number of hydrogen-bond donors (Lipinski definition) is 0. The van der Waals surface area contributed by atoms with E-state index in [9.17, 15) is 4.79 Å². The first kappa shape index (κ1) is 14.6. The molecule has 1 atom stereocenters. The van der Waals surface area contributed by atoms with E-state index in [4.69, 9.17) is 0 Å². The second-order valence-corrected chi connectivity index (χ2v) is 9.51. The first-order chi connectivity index (χ1) is 10.7. The Morgan fingerprint density at radius 2 is 2.09 bits per heavy atom. The first-order valence-corrected chi connectivity index (χ1v) is 10.3. The third kappa shape index (κ3) is 2.48. The van der Waals surface area contributed by atoms with Gasteiger partial charge in [0.1, 0.15) is 0 Å². The van der Waals surface area contributed by atoms with Crippen molar-refractivity contribution in [2.45, 2.75) is 12.5 Å². The monoisotopic (exact) mass is 409 g/mol. The van der Waals surface area contributed by atoms with Gasteiger partial charge in [0.15, 0.2) is 0 Å². The lowest BCUT2D eigenvalue weighted by Crippen LogP contribution is -2.39. The molecule has 0 saturated carbocycles. The Kier molecular flexibility index (Phi) is 3.94. The van der Waals surface area contributed by atoms with Crippen LogP contribution in [0, 0.1) is 0 Å². The Balaban J connectivity index is 1.76. The minimum atomic E-state index is 0.0587. The largest absolute Gasteiger partial charge is 0.326 e. The van der Waals surface area contributed by atoms with Crippen molar-refractivity contribution in [1.82, 2.24) is 4.90 Å². The van der Waals surface area contributed by atoms with Crippen LogP contribution in [0.5, 0.6) is 0 Å². The molecule has 3 aromatic rings. The van der Waals surface area contributed by atoms with Crippen LogP contribution in [-0.2, 0) is 6.42 Å². The van der Waals surface area contributed by atoms with Crippen molar-refractivity contribution < 1.29 is 4.79 Å². The van der Waals surface area contributed by atoms with Crippen molar-refractivity contribution in [3.8, 4) is 0 Å². The molecular formula is C16H12BrNOS3. The zero-order chi connectivity index (χ0) is 15.1. The molecule has 4 heterocycles. The molecule has 0 aliphatic carbocycles. The molecule has 0 unspecified atom stereocenters. The zero-order valence-electron chi connectivity index (χ0n) is 11.5. The minimum Gasteiger partial charge on any atom is -0.326 e. The fourth-order valence-corrected chi connectivity index (χ4v) is 5.96. The van der Waals surface area contributed by atoms with Crippen LogP contribution in [0.3, 0.4) is 0 Å². The van der Waals surface area contributed by atoms with Crippen LogP contribution in [-0.4, -0.2) is 17.4 Å². The van der Waals surface area contributed by atoms with Gasteiger partial charge in [0, 0.05) is 16.3 Å². The first-order valence-electron chi connectivity index (χ1n) is 6.90. The third-order valence-electron chi connectivity index (χ3n) is 3.82. The summed E-state index contributed by atoms with van der Waals surface area (Å²) in [6, 6.07) is 10.3. The Morgan fingerprint density at radius 3 is 2.82 bits per heavy atom. The predicted octanol–water partition coefficient (Wildman–Crippen LogP) is 5.42. The van der Waals surface area contributed by atoms with Crippen molar-refractivity contribution in [2.24, 2.45) is 0 Å². The van der Waals surface area contributed by atoms with Crippen LogP contribution in [0.1, 0.15) is 31.0 Å². The summed E-state index contributed by atoms with van der Waals surface area (Å²) in [6.07, 6.45) is 0.952. The normalized spacial score (nSPS) is 17.5. The molecular weight excluding hydrogens is 398 g/mol. The number of hydrogen-bond acceptors (Lipinski definition) is 4. The Hall–Kier alpha value is -0.950. The van der Waals surface area contributed by atoms with Gasteiger partial charge in [-0.05, 0) is 62.9 Å². The molecule has 1 aliphatic heterocycles. The van der Waals surface area contributed by atoms with Crippen LogP contribution in [0.4, 0.5) is 0 Å². The highest BCUT2D eigenvalue weighted by molar-refractivity contribution is 9.11. The highest BCUT2D eigenvalue weighted by Gasteiger charge is 2.34. The lowest BCUT2D eigenvalue weighted by molar-refractivity contribution is 0.0704. The summed E-state index contributed by atoms with van der Waals surface area (Å²) in [7, 11) is 0. The molecule has 2 nitrogen and oxygen atoms in total. The van der Waals surface area contributed by atoms with Gasteiger partial charge in [-0.15, -0.1) is 34.0 Å². The van der Waals surface area contributed by atoms with Crippen molar-refractivity contribution in [3.63, 3.8) is 0 Å². The molecule has 112 valence electrons. The molecule has 4 rings (SSSR count). The molecule has 0 N–H and O–H groups in total. The number of carbonyl (C=O) groups excluding carboxylic acids is 1. The fourth-order valence-electron chi connectivity index (χ4n) is 2.86. The summed E-state index contributed by atoms with van der Waals surface area (Å²) in [5.74, 6) is 0.131. The van der Waals surface area contributed by atoms with Gasteiger partial charge in [-0.3, -0.25) is 4.79 Å². The fraction of sp³-hybridized carbons (Fsp3) is 0.188. The summed E-state index contributed by atoms with van der Waals surface area (Å²) < 4.78 is 0.997. The second kappa shape index (κ2) is 5.92. The van der Waals surface area contributed by atoms with E-state index >= 15 is 0 Å². The van der Waals surface area contributed by atoms with E-state index in [2.05, 4.69) is 44.9 Å². The Morgan fingerprint density at radius 1 is 1.18 bits per heavy atom. The van der Waals surface area contributed by atoms with Gasteiger partial charge in [0.25, 0.3) is 5.91 Å². The number of fused-ring (bicyclic) bond motifs is 1. The summed E-state index contributed by atoms with van der Waals surface area (Å²) in [5, 5.41) is 4.22. The number of thiophene rings is 3. The lowest BCUT2D eigenvalue weighted by Gasteiger charge is -2.35. The van der Waals surface area contributed by atoms with Crippen molar-refractivity contribution >= 4 is 55.8 Å². The van der Waals surface area contributed by atoms with Gasteiger partial charge < -0.3 is 4.90 Å². The van der Waals surface area contributed by atoms with Crippen molar-refractivity contribution in [3.05, 3.63) is 65.1 Å². The van der Waals surface area contributed by atoms with Gasteiger partial charge in [-0.2, -0.15) is 0 Å². The van der Waals surface area contributed by atoms with Crippen LogP contribution < -0.4 is 0 Å². The number of nitrogens with zero attached hydrogens (tertiary/aromatic N) is 1. The molecule has 1 amide bonds. The van der Waals surface area contributed by atoms with Gasteiger partial charge in [-0.25, -0.2) is 0 Å². The molecule has 0 saturated heterocycles. The van der Waals surface area contributed by atoms with Crippen LogP contribution in [0.2, 0.25) is 0 Å². The van der Waals surface area contributed by atoms with Gasteiger partial charge in [0.2, 0.25) is 0 Å². The van der Waals surface area contributed by atoms with E-state index in [-0.39, 0.29) is 11.9 Å². The van der Waals surface area contributed by atoms with E-state index < -0.39 is 0 Å². The summed E-state index contributed by atoms with van der Waals surface area (Å²) >= 11 is 8.48. The summed E-state index contributed by atoms with van der Waals surface area (Å²) in [5.41, 5.74) is 1.29. The summed E-state index contributed by atoms with van der Waals surface area (Å²) in [4.78, 5) is 18.5. The number of halogens is 1. The quantitative estimate of drug-likeness (QED) is 0.552. The second-order valence-electron chi connectivity index (χ2n) is 5.07. The average molecular weight is 410 g/mol. The number of carbonyl (C=O) groups is 1. The standard InChI is InChI=1S/C16H12BrNOS3/c17-14-4-3-13(22-14)16(19)18-7-5-11-10(6-9-21-11)15(18)12-2-1-8-20-12/h1-4,6,8-9,15H,5,7H2/t15-/m1/s1. The number of rotatable bonds is 2. The lowest BCUT2D eigenvalue weighted by atomic mass is 9.98. The smallest absolute Gasteiger partial charge is 0.264 e. The average Bonchev–Trinajstić information content (AvgIpc) is 3.26. The number of amides is 1. The Bertz CT molecular complexity index is 805. The SMILES string of the molecule is O=C(c1ccc(Br)s1)N1CCc2sccc2[C@@H]1c1cccs1. The van der Waals surface area contributed by atoms with E-state index in [1.807, 2.05) is 17.0 Å². The van der Waals surface area contributed by atoms with Crippen LogP contribution in [0.25, 0.3) is 0 Å². The van der Waals surface area contributed by atoms with E-state index in [0.29, 0.717) is 0 Å². The maximum Gasteiger partial charge on any atom is 0.264 e. The van der Waals surface area contributed by atoms with Gasteiger partial charge >= 0.3 is 0 Å². The Labute approximate surface area is 149 Å². The minimum absolute atomic E-state index is 0.0587. The molecule has 0 spiro atoms. The summed E-state index contributed by atoms with van der Waals surface area (Å²) in [6.45, 7) is 0.782. The predicted molar refractivity (Wildman–Crippen MR) is 97.2 cm³/mol. The van der Waals surface area contributed by atoms with E-state index in [0.717, 1.165) is 21.6 Å². The molecule has 3 aromatic heterocycles. The molecule has 0 aromatic carbocycles. The van der Waals surface area contributed by atoms with Gasteiger partial charge in [-0.1, -0.05) is 6.07 Å². The highest BCUT2D eigenvalue weighted by atomic mass is 79.9. The third-order valence-corrected chi connectivity index (χ3v) is 7.36. The van der Waals surface area contributed by atoms with Crippen molar-refractivity contribution in [1.29, 1.82) is 0 Å². The molecule has 0 radical (unpaired) electrons. The zero-order valence-corrected chi connectivity index (χ0v) is 15.5. The maximum absolute atomic E-state index is 13.0. The molecule has 6 heteroatoms. The maximum atomic E-state index is 13.0. The van der Waals surface area contributed by atoms with E-state index in [1.165, 1.54) is 26.7 Å². The topological polar surface area (TPSA) is 20.3 Å². The highest BCUT2D eigenvalue weighted by Crippen LogP contribution is 2.40. The molecule has 0 bridgehead atoms. The molecule has 1 aliphatic rings. The molecule has 22 heavy (non-hydrogen) atoms. The van der Waals surface area contributed by atoms with E-state index in [1.54, 1.807) is 22.7 Å². The molecule has 0 fully saturated rings. The van der Waals surface area contributed by atoms with Gasteiger partial charge in [0.05, 0.1) is 14.7 Å². The van der Waals surface area contributed by atoms with Crippen LogP contribution >= 0.6 is 49.9 Å². The van der Waals surface area contributed by atoms with Crippen molar-refractivity contribution in [2.75, 3.05) is 6.54 Å².